The fourth-order valence-electron chi connectivity index (χ4n) is 4.03. The molecule has 3 saturated heterocycles. The summed E-state index contributed by atoms with van der Waals surface area (Å²) in [5.74, 6) is -1.67. The number of rotatable bonds is 4. The highest BCUT2D eigenvalue weighted by Gasteiger charge is 2.63. The van der Waals surface area contributed by atoms with Crippen molar-refractivity contribution in [2.45, 2.75) is 48.9 Å². The first kappa shape index (κ1) is 15.9. The largest absolute Gasteiger partial charge is 0.460 e. The highest BCUT2D eigenvalue weighted by Crippen LogP contribution is 2.48. The van der Waals surface area contributed by atoms with Crippen molar-refractivity contribution in [2.75, 3.05) is 13.7 Å². The summed E-state index contributed by atoms with van der Waals surface area (Å²) < 4.78 is 39.0. The lowest BCUT2D eigenvalue weighted by Gasteiger charge is -2.38. The van der Waals surface area contributed by atoms with Crippen LogP contribution < -0.4 is 0 Å². The van der Waals surface area contributed by atoms with Crippen LogP contribution >= 0.6 is 0 Å². The minimum Gasteiger partial charge on any atom is -0.460 e. The number of likely N-dealkylation sites (N-methyl/N-ethyl adjacent to an activating group) is 1. The zero-order chi connectivity index (χ0) is 17.1. The summed E-state index contributed by atoms with van der Waals surface area (Å²) in [6.45, 7) is -1.05. The third-order valence-corrected chi connectivity index (χ3v) is 5.49. The summed E-state index contributed by atoms with van der Waals surface area (Å²) in [6, 6.07) is 4.75. The molecule has 0 aliphatic carbocycles. The Balaban J connectivity index is 1.48. The van der Waals surface area contributed by atoms with Crippen molar-refractivity contribution < 1.29 is 28.2 Å². The van der Waals surface area contributed by atoms with E-state index in [1.807, 2.05) is 7.05 Å². The molecule has 3 fully saturated rings. The minimum atomic E-state index is -2.69. The number of hydrogen-bond donors (Lipinski definition) is 1. The molecule has 0 saturated carbocycles. The first-order valence-corrected chi connectivity index (χ1v) is 8.08. The number of alkyl halides is 1. The van der Waals surface area contributed by atoms with Crippen LogP contribution in [-0.4, -0.2) is 60.0 Å². The van der Waals surface area contributed by atoms with Crippen LogP contribution in [0.15, 0.2) is 24.3 Å². The molecule has 6 atom stereocenters. The maximum Gasteiger partial charge on any atom is 0.351 e. The summed E-state index contributed by atoms with van der Waals surface area (Å²) in [6.07, 6.45) is 1.15. The predicted molar refractivity (Wildman–Crippen MR) is 79.4 cm³/mol. The SMILES string of the molecule is CN1[C@@H]2CC(OC(=O)C(F)(CO)c3ccc(F)cc3)C[C@H]1[C@@H]1O[C@@H]12. The summed E-state index contributed by atoms with van der Waals surface area (Å²) in [5.41, 5.74) is -2.80. The van der Waals surface area contributed by atoms with Crippen molar-refractivity contribution in [1.82, 2.24) is 4.90 Å². The molecule has 0 amide bonds. The van der Waals surface area contributed by atoms with E-state index in [-0.39, 0.29) is 29.9 Å². The Hall–Kier alpha value is -1.57. The van der Waals surface area contributed by atoms with Crippen LogP contribution in [-0.2, 0) is 19.9 Å². The van der Waals surface area contributed by atoms with E-state index < -0.39 is 30.2 Å². The Labute approximate surface area is 138 Å². The van der Waals surface area contributed by atoms with Gasteiger partial charge in [-0.1, -0.05) is 12.1 Å². The van der Waals surface area contributed by atoms with Crippen molar-refractivity contribution in [3.05, 3.63) is 35.6 Å². The van der Waals surface area contributed by atoms with Crippen molar-refractivity contribution in [1.29, 1.82) is 0 Å². The van der Waals surface area contributed by atoms with Crippen LogP contribution in [0.4, 0.5) is 8.78 Å². The van der Waals surface area contributed by atoms with E-state index in [1.54, 1.807) is 0 Å². The average Bonchev–Trinajstić information content (AvgIpc) is 3.33. The predicted octanol–water partition coefficient (Wildman–Crippen LogP) is 1.14. The van der Waals surface area contributed by atoms with Gasteiger partial charge in [-0.2, -0.15) is 0 Å². The number of nitrogens with zero attached hydrogens (tertiary/aromatic N) is 1. The van der Waals surface area contributed by atoms with Gasteiger partial charge >= 0.3 is 5.97 Å². The molecule has 3 aliphatic heterocycles. The molecule has 0 aromatic heterocycles. The molecule has 0 radical (unpaired) electrons. The van der Waals surface area contributed by atoms with Gasteiger partial charge in [0.1, 0.15) is 24.1 Å². The zero-order valence-corrected chi connectivity index (χ0v) is 13.2. The number of aliphatic hydroxyl groups excluding tert-OH is 1. The van der Waals surface area contributed by atoms with Gasteiger partial charge in [-0.15, -0.1) is 0 Å². The van der Waals surface area contributed by atoms with Crippen LogP contribution in [0.5, 0.6) is 0 Å². The Morgan fingerprint density at radius 2 is 1.92 bits per heavy atom. The highest BCUT2D eigenvalue weighted by molar-refractivity contribution is 5.81. The van der Waals surface area contributed by atoms with Gasteiger partial charge in [0.15, 0.2) is 0 Å². The van der Waals surface area contributed by atoms with Gasteiger partial charge in [0.25, 0.3) is 5.67 Å². The van der Waals surface area contributed by atoms with E-state index in [2.05, 4.69) is 4.90 Å². The molecule has 2 unspecified atom stereocenters. The Morgan fingerprint density at radius 1 is 1.33 bits per heavy atom. The second-order valence-electron chi connectivity index (χ2n) is 6.83. The first-order valence-electron chi connectivity index (χ1n) is 8.08. The van der Waals surface area contributed by atoms with Crippen molar-refractivity contribution in [3.63, 3.8) is 0 Å². The maximum atomic E-state index is 15.0. The Kier molecular flexibility index (Phi) is 3.63. The van der Waals surface area contributed by atoms with E-state index in [4.69, 9.17) is 9.47 Å². The fraction of sp³-hybridized carbons (Fsp3) is 0.588. The minimum absolute atomic E-state index is 0.113. The molecule has 3 aliphatic rings. The maximum absolute atomic E-state index is 15.0. The lowest BCUT2D eigenvalue weighted by atomic mass is 9.95. The summed E-state index contributed by atoms with van der Waals surface area (Å²) in [5, 5.41) is 9.42. The summed E-state index contributed by atoms with van der Waals surface area (Å²) >= 11 is 0. The van der Waals surface area contributed by atoms with Gasteiger partial charge in [-0.3, -0.25) is 4.90 Å². The lowest BCUT2D eigenvalue weighted by molar-refractivity contribution is -0.171. The number of morpholine rings is 1. The molecule has 1 N–H and O–H groups in total. The molecule has 7 heteroatoms. The lowest BCUT2D eigenvalue weighted by Crippen LogP contribution is -2.49. The number of hydrogen-bond acceptors (Lipinski definition) is 5. The monoisotopic (exact) mass is 339 g/mol. The molecule has 1 aromatic rings. The van der Waals surface area contributed by atoms with E-state index in [0.717, 1.165) is 24.3 Å². The van der Waals surface area contributed by atoms with Crippen LogP contribution in [0.25, 0.3) is 0 Å². The molecule has 1 aromatic carbocycles. The molecule has 0 spiro atoms. The van der Waals surface area contributed by atoms with Crippen LogP contribution in [0, 0.1) is 5.82 Å². The van der Waals surface area contributed by atoms with Crippen LogP contribution in [0.3, 0.4) is 0 Å². The van der Waals surface area contributed by atoms with Gasteiger partial charge in [-0.25, -0.2) is 13.6 Å². The van der Waals surface area contributed by atoms with Gasteiger partial charge in [0, 0.05) is 30.5 Å². The van der Waals surface area contributed by atoms with E-state index in [9.17, 15) is 14.3 Å². The number of benzene rings is 1. The van der Waals surface area contributed by atoms with Crippen LogP contribution in [0.2, 0.25) is 0 Å². The van der Waals surface area contributed by atoms with E-state index in [1.165, 1.54) is 0 Å². The Bertz CT molecular complexity index is 636. The zero-order valence-electron chi connectivity index (χ0n) is 13.2. The third-order valence-electron chi connectivity index (χ3n) is 5.49. The number of esters is 1. The number of aliphatic hydroxyl groups is 1. The van der Waals surface area contributed by atoms with Crippen molar-refractivity contribution >= 4 is 5.97 Å². The number of fused-ring (bicyclic) bond motifs is 5. The molecule has 3 heterocycles. The molecule has 24 heavy (non-hydrogen) atoms. The summed E-state index contributed by atoms with van der Waals surface area (Å²) in [7, 11) is 2.02. The fourth-order valence-corrected chi connectivity index (χ4v) is 4.03. The molecule has 130 valence electrons. The third kappa shape index (κ3) is 2.34. The number of carbonyl (C=O) groups excluding carboxylic acids is 1. The van der Waals surface area contributed by atoms with Gasteiger partial charge in [0.2, 0.25) is 0 Å². The topological polar surface area (TPSA) is 62.3 Å². The molecular formula is C17H19F2NO4. The van der Waals surface area contributed by atoms with Gasteiger partial charge < -0.3 is 14.6 Å². The number of piperidine rings is 1. The number of halogens is 2. The normalized spacial score (nSPS) is 36.8. The molecule has 4 rings (SSSR count). The van der Waals surface area contributed by atoms with Gasteiger partial charge in [0.05, 0.1) is 6.61 Å². The van der Waals surface area contributed by atoms with E-state index in [0.29, 0.717) is 12.8 Å². The van der Waals surface area contributed by atoms with Crippen molar-refractivity contribution in [2.24, 2.45) is 0 Å². The number of ether oxygens (including phenoxy) is 2. The molecule has 2 bridgehead atoms. The number of carbonyl (C=O) groups is 1. The van der Waals surface area contributed by atoms with Crippen molar-refractivity contribution in [3.8, 4) is 0 Å². The number of epoxide rings is 1. The average molecular weight is 339 g/mol. The first-order chi connectivity index (χ1) is 11.4. The summed E-state index contributed by atoms with van der Waals surface area (Å²) in [4.78, 5) is 14.6. The Morgan fingerprint density at radius 3 is 2.46 bits per heavy atom. The molecule has 5 nitrogen and oxygen atoms in total. The van der Waals surface area contributed by atoms with Gasteiger partial charge in [-0.05, 0) is 19.2 Å². The smallest absolute Gasteiger partial charge is 0.351 e. The molecular weight excluding hydrogens is 320 g/mol. The quantitative estimate of drug-likeness (QED) is 0.658. The highest BCUT2D eigenvalue weighted by atomic mass is 19.1. The van der Waals surface area contributed by atoms with Crippen LogP contribution in [0.1, 0.15) is 18.4 Å². The van der Waals surface area contributed by atoms with E-state index >= 15 is 4.39 Å². The second kappa shape index (κ2) is 5.47. The second-order valence-corrected chi connectivity index (χ2v) is 6.83. The standard InChI is InChI=1S/C17H19F2NO4/c1-20-12-6-11(7-13(20)15-14(12)24-15)23-16(22)17(19,8-21)9-2-4-10(18)5-3-9/h2-5,11-15,21H,6-8H2,1H3/t11?,12-,13+,14-,15+,17?.